The molecule has 4 aromatic carbocycles. The van der Waals surface area contributed by atoms with Crippen molar-refractivity contribution in [1.82, 2.24) is 4.90 Å². The molecule has 36 heavy (non-hydrogen) atoms. The molecule has 0 aliphatic carbocycles. The molecule has 0 saturated carbocycles. The molecule has 4 heteroatoms. The zero-order valence-electron chi connectivity index (χ0n) is 21.3. The molecular formula is C32H35NO3. The van der Waals surface area contributed by atoms with Crippen LogP contribution >= 0.6 is 0 Å². The lowest BCUT2D eigenvalue weighted by Crippen LogP contribution is -2.20. The molecule has 0 atom stereocenters. The largest absolute Gasteiger partial charge is 0.497 e. The fraction of sp³-hybridized carbons (Fsp3) is 0.312. The Balaban J connectivity index is 1.58. The lowest BCUT2D eigenvalue weighted by atomic mass is 9.91. The maximum absolute atomic E-state index is 6.66. The van der Waals surface area contributed by atoms with Gasteiger partial charge in [0.2, 0.25) is 0 Å². The van der Waals surface area contributed by atoms with Gasteiger partial charge in [-0.2, -0.15) is 0 Å². The van der Waals surface area contributed by atoms with Crippen molar-refractivity contribution in [2.45, 2.75) is 32.1 Å². The topological polar surface area (TPSA) is 30.9 Å². The highest BCUT2D eigenvalue weighted by Crippen LogP contribution is 2.44. The predicted molar refractivity (Wildman–Crippen MR) is 148 cm³/mol. The Hall–Kier alpha value is -3.50. The molecule has 1 aliphatic rings. The normalized spacial score (nSPS) is 13.7. The summed E-state index contributed by atoms with van der Waals surface area (Å²) in [6.07, 6.45) is 6.02. The summed E-state index contributed by atoms with van der Waals surface area (Å²) >= 11 is 0. The van der Waals surface area contributed by atoms with Crippen molar-refractivity contribution < 1.29 is 14.2 Å². The van der Waals surface area contributed by atoms with Crippen molar-refractivity contribution >= 4 is 10.8 Å². The second-order valence-corrected chi connectivity index (χ2v) is 9.48. The van der Waals surface area contributed by atoms with E-state index in [9.17, 15) is 0 Å². The minimum absolute atomic E-state index is 0.829. The van der Waals surface area contributed by atoms with Gasteiger partial charge in [0.25, 0.3) is 0 Å². The maximum Gasteiger partial charge on any atom is 0.143 e. The minimum atomic E-state index is 0.829. The molecule has 0 aromatic heterocycles. The molecular weight excluding hydrogens is 446 g/mol. The van der Waals surface area contributed by atoms with Crippen LogP contribution in [-0.2, 0) is 6.42 Å². The zero-order valence-corrected chi connectivity index (χ0v) is 21.3. The van der Waals surface area contributed by atoms with Crippen LogP contribution in [0.3, 0.4) is 0 Å². The first kappa shape index (κ1) is 24.2. The SMILES string of the molecule is COc1ccc(-c2c(CCCCN3CCCC3)cc3cc(OC)ccc3c2Oc2ccccc2)cc1. The van der Waals surface area contributed by atoms with Crippen molar-refractivity contribution in [3.8, 4) is 34.1 Å². The summed E-state index contributed by atoms with van der Waals surface area (Å²) in [4.78, 5) is 2.60. The molecule has 1 fully saturated rings. The standard InChI is InChI=1S/C32H35NO3/c1-34-27-15-13-24(14-16-27)31-25(10-6-7-19-33-20-8-9-21-33)22-26-23-29(35-2)17-18-30(26)32(31)36-28-11-4-3-5-12-28/h3-5,11-18,22-23H,6-10,19-21H2,1-2H3. The molecule has 0 bridgehead atoms. The number of unbranched alkanes of at least 4 members (excludes halogenated alkanes) is 1. The van der Waals surface area contributed by atoms with E-state index in [1.54, 1.807) is 14.2 Å². The van der Waals surface area contributed by atoms with Crippen LogP contribution < -0.4 is 14.2 Å². The summed E-state index contributed by atoms with van der Waals surface area (Å²) in [6, 6.07) is 26.9. The van der Waals surface area contributed by atoms with Crippen LogP contribution in [0.25, 0.3) is 21.9 Å². The van der Waals surface area contributed by atoms with Crippen LogP contribution in [0, 0.1) is 0 Å². The van der Waals surface area contributed by atoms with Gasteiger partial charge in [0.05, 0.1) is 14.2 Å². The average Bonchev–Trinajstić information content (AvgIpc) is 3.45. The summed E-state index contributed by atoms with van der Waals surface area (Å²) in [5.41, 5.74) is 3.59. The third kappa shape index (κ3) is 5.50. The Morgan fingerprint density at radius 1 is 0.722 bits per heavy atom. The summed E-state index contributed by atoms with van der Waals surface area (Å²) < 4.78 is 17.6. The highest BCUT2D eigenvalue weighted by Gasteiger charge is 2.19. The molecule has 186 valence electrons. The summed E-state index contributed by atoms with van der Waals surface area (Å²) in [5.74, 6) is 3.42. The second kappa shape index (κ2) is 11.5. The van der Waals surface area contributed by atoms with Gasteiger partial charge in [-0.05, 0) is 111 Å². The van der Waals surface area contributed by atoms with Gasteiger partial charge in [-0.3, -0.25) is 0 Å². The van der Waals surface area contributed by atoms with Crippen molar-refractivity contribution in [2.24, 2.45) is 0 Å². The van der Waals surface area contributed by atoms with Gasteiger partial charge in [0, 0.05) is 10.9 Å². The number of nitrogens with zero attached hydrogens (tertiary/aromatic N) is 1. The smallest absolute Gasteiger partial charge is 0.143 e. The lowest BCUT2D eigenvalue weighted by Gasteiger charge is -2.20. The molecule has 0 radical (unpaired) electrons. The minimum Gasteiger partial charge on any atom is -0.497 e. The molecule has 1 saturated heterocycles. The van der Waals surface area contributed by atoms with Gasteiger partial charge in [-0.1, -0.05) is 36.4 Å². The number of para-hydroxylation sites is 1. The molecule has 0 spiro atoms. The van der Waals surface area contributed by atoms with Crippen molar-refractivity contribution in [3.63, 3.8) is 0 Å². The summed E-state index contributed by atoms with van der Waals surface area (Å²) in [6.45, 7) is 3.69. The summed E-state index contributed by atoms with van der Waals surface area (Å²) in [5, 5.41) is 2.21. The molecule has 0 unspecified atom stereocenters. The fourth-order valence-electron chi connectivity index (χ4n) is 5.18. The molecule has 4 nitrogen and oxygen atoms in total. The van der Waals surface area contributed by atoms with Gasteiger partial charge in [0.1, 0.15) is 23.0 Å². The highest BCUT2D eigenvalue weighted by atomic mass is 16.5. The first-order valence-corrected chi connectivity index (χ1v) is 13.0. The van der Waals surface area contributed by atoms with E-state index in [0.29, 0.717) is 0 Å². The number of hydrogen-bond donors (Lipinski definition) is 0. The fourth-order valence-corrected chi connectivity index (χ4v) is 5.18. The average molecular weight is 482 g/mol. The quantitative estimate of drug-likeness (QED) is 0.217. The third-order valence-electron chi connectivity index (χ3n) is 7.09. The van der Waals surface area contributed by atoms with E-state index in [1.165, 1.54) is 44.5 Å². The molecule has 4 aromatic rings. The molecule has 5 rings (SSSR count). The van der Waals surface area contributed by atoms with Crippen LogP contribution in [0.4, 0.5) is 0 Å². The van der Waals surface area contributed by atoms with Crippen molar-refractivity contribution in [2.75, 3.05) is 33.9 Å². The summed E-state index contributed by atoms with van der Waals surface area (Å²) in [7, 11) is 3.42. The number of methoxy groups -OCH3 is 2. The van der Waals surface area contributed by atoms with E-state index >= 15 is 0 Å². The van der Waals surface area contributed by atoms with Crippen LogP contribution in [0.2, 0.25) is 0 Å². The number of ether oxygens (including phenoxy) is 3. The monoisotopic (exact) mass is 481 g/mol. The zero-order chi connectivity index (χ0) is 24.7. The van der Waals surface area contributed by atoms with Gasteiger partial charge < -0.3 is 19.1 Å². The molecule has 1 aliphatic heterocycles. The van der Waals surface area contributed by atoms with E-state index in [4.69, 9.17) is 14.2 Å². The number of aryl methyl sites for hydroxylation is 1. The highest BCUT2D eigenvalue weighted by molar-refractivity contribution is 5.98. The Morgan fingerprint density at radius 3 is 2.17 bits per heavy atom. The van der Waals surface area contributed by atoms with Crippen molar-refractivity contribution in [1.29, 1.82) is 0 Å². The Morgan fingerprint density at radius 2 is 1.44 bits per heavy atom. The van der Waals surface area contributed by atoms with Crippen LogP contribution in [0.5, 0.6) is 23.0 Å². The Kier molecular flexibility index (Phi) is 7.73. The van der Waals surface area contributed by atoms with E-state index in [2.05, 4.69) is 35.2 Å². The predicted octanol–water partition coefficient (Wildman–Crippen LogP) is 7.73. The van der Waals surface area contributed by atoms with E-state index in [1.807, 2.05) is 48.5 Å². The lowest BCUT2D eigenvalue weighted by molar-refractivity contribution is 0.330. The molecule has 0 amide bonds. The first-order chi connectivity index (χ1) is 17.7. The van der Waals surface area contributed by atoms with Gasteiger partial charge in [-0.25, -0.2) is 0 Å². The number of benzene rings is 4. The van der Waals surface area contributed by atoms with Gasteiger partial charge in [0.15, 0.2) is 0 Å². The Labute approximate surface area is 214 Å². The molecule has 0 N–H and O–H groups in total. The maximum atomic E-state index is 6.66. The third-order valence-corrected chi connectivity index (χ3v) is 7.09. The van der Waals surface area contributed by atoms with Crippen molar-refractivity contribution in [3.05, 3.63) is 84.4 Å². The number of rotatable bonds is 10. The van der Waals surface area contributed by atoms with E-state index in [0.717, 1.165) is 57.7 Å². The van der Waals surface area contributed by atoms with Gasteiger partial charge in [-0.15, -0.1) is 0 Å². The van der Waals surface area contributed by atoms with Crippen LogP contribution in [-0.4, -0.2) is 38.8 Å². The van der Waals surface area contributed by atoms with Crippen LogP contribution in [0.1, 0.15) is 31.2 Å². The van der Waals surface area contributed by atoms with Crippen LogP contribution in [0.15, 0.2) is 78.9 Å². The van der Waals surface area contributed by atoms with Gasteiger partial charge >= 0.3 is 0 Å². The van der Waals surface area contributed by atoms with E-state index in [-0.39, 0.29) is 0 Å². The number of likely N-dealkylation sites (tertiary alicyclic amines) is 1. The van der Waals surface area contributed by atoms with E-state index < -0.39 is 0 Å². The number of fused-ring (bicyclic) bond motifs is 1. The molecule has 1 heterocycles. The Bertz CT molecular complexity index is 1280. The first-order valence-electron chi connectivity index (χ1n) is 13.0. The second-order valence-electron chi connectivity index (χ2n) is 9.48. The number of hydrogen-bond acceptors (Lipinski definition) is 4.